The highest BCUT2D eigenvalue weighted by molar-refractivity contribution is 5.38. The molecule has 1 fully saturated rings. The quantitative estimate of drug-likeness (QED) is 0.887. The molecule has 0 amide bonds. The summed E-state index contributed by atoms with van der Waals surface area (Å²) in [6, 6.07) is 1.95. The second kappa shape index (κ2) is 5.36. The molecule has 1 heterocycles. The van der Waals surface area contributed by atoms with E-state index < -0.39 is 11.7 Å². The third-order valence-corrected chi connectivity index (χ3v) is 3.73. The molecule has 1 aliphatic carbocycles. The number of nitrogens with one attached hydrogen (secondary N) is 1. The number of hydrogen-bond acceptors (Lipinski definition) is 3. The molecule has 0 unspecified atom stereocenters. The van der Waals surface area contributed by atoms with Gasteiger partial charge in [0.15, 0.2) is 0 Å². The minimum absolute atomic E-state index is 0.0545. The molecule has 6 heteroatoms. The van der Waals surface area contributed by atoms with Crippen LogP contribution in [0.2, 0.25) is 0 Å². The molecule has 19 heavy (non-hydrogen) atoms. The van der Waals surface area contributed by atoms with Gasteiger partial charge in [-0.05, 0) is 25.0 Å². The van der Waals surface area contributed by atoms with Crippen molar-refractivity contribution in [3.05, 3.63) is 23.9 Å². The summed E-state index contributed by atoms with van der Waals surface area (Å²) < 4.78 is 37.7. The first-order chi connectivity index (χ1) is 8.95. The fraction of sp³-hybridized carbons (Fsp3) is 0.615. The fourth-order valence-corrected chi connectivity index (χ4v) is 2.50. The predicted octanol–water partition coefficient (Wildman–Crippen LogP) is 3.07. The summed E-state index contributed by atoms with van der Waals surface area (Å²) in [7, 11) is 0. The Morgan fingerprint density at radius 3 is 2.58 bits per heavy atom. The minimum Gasteiger partial charge on any atom is -0.396 e. The zero-order chi connectivity index (χ0) is 13.9. The zero-order valence-corrected chi connectivity index (χ0v) is 10.5. The van der Waals surface area contributed by atoms with Crippen LogP contribution in [0.5, 0.6) is 0 Å². The smallest absolute Gasteiger partial charge is 0.396 e. The van der Waals surface area contributed by atoms with Crippen molar-refractivity contribution in [1.29, 1.82) is 0 Å². The van der Waals surface area contributed by atoms with Gasteiger partial charge in [0.1, 0.15) is 5.82 Å². The Hall–Kier alpha value is -1.30. The van der Waals surface area contributed by atoms with E-state index in [1.54, 1.807) is 0 Å². The summed E-state index contributed by atoms with van der Waals surface area (Å²) in [5.41, 5.74) is -0.926. The van der Waals surface area contributed by atoms with Crippen molar-refractivity contribution in [2.45, 2.75) is 31.9 Å². The van der Waals surface area contributed by atoms with Crippen LogP contribution in [0.15, 0.2) is 18.3 Å². The van der Waals surface area contributed by atoms with Crippen molar-refractivity contribution in [1.82, 2.24) is 4.98 Å². The molecule has 106 valence electrons. The van der Waals surface area contributed by atoms with Gasteiger partial charge in [-0.2, -0.15) is 13.2 Å². The third-order valence-electron chi connectivity index (χ3n) is 3.73. The number of nitrogens with zero attached hydrogens (tertiary/aromatic N) is 1. The normalized spacial score (nSPS) is 18.5. The summed E-state index contributed by atoms with van der Waals surface area (Å²) in [4.78, 5) is 3.89. The molecule has 0 saturated heterocycles. The molecule has 1 saturated carbocycles. The number of aliphatic hydroxyl groups is 1. The molecule has 1 aromatic rings. The Balaban J connectivity index is 2.03. The van der Waals surface area contributed by atoms with E-state index in [4.69, 9.17) is 0 Å². The van der Waals surface area contributed by atoms with Gasteiger partial charge in [0.25, 0.3) is 0 Å². The Bertz CT molecular complexity index is 428. The van der Waals surface area contributed by atoms with Gasteiger partial charge in [-0.3, -0.25) is 0 Å². The molecule has 1 aromatic heterocycles. The minimum atomic E-state index is -4.36. The molecule has 0 aromatic carbocycles. The summed E-state index contributed by atoms with van der Waals surface area (Å²) in [5, 5.41) is 12.4. The molecule has 2 rings (SSSR count). The standard InChI is InChI=1S/C13H17F3N2O/c14-13(15,16)10-3-6-17-11(7-10)18-8-12(9-19)4-1-2-5-12/h3,6-7,19H,1-2,4-5,8-9H2,(H,17,18). The van der Waals surface area contributed by atoms with Crippen LogP contribution >= 0.6 is 0 Å². The molecule has 2 N–H and O–H groups in total. The molecule has 0 bridgehead atoms. The zero-order valence-electron chi connectivity index (χ0n) is 10.5. The van der Waals surface area contributed by atoms with Gasteiger partial charge in [-0.15, -0.1) is 0 Å². The Labute approximate surface area is 109 Å². The van der Waals surface area contributed by atoms with Crippen LogP contribution < -0.4 is 5.32 Å². The van der Waals surface area contributed by atoms with Crippen LogP contribution in [-0.2, 0) is 6.18 Å². The average molecular weight is 274 g/mol. The topological polar surface area (TPSA) is 45.1 Å². The van der Waals surface area contributed by atoms with Gasteiger partial charge in [0.05, 0.1) is 12.2 Å². The molecule has 0 radical (unpaired) electrons. The summed E-state index contributed by atoms with van der Waals surface area (Å²) in [6.07, 6.45) is 0.689. The first kappa shape index (κ1) is 14.1. The number of aromatic nitrogens is 1. The number of alkyl halides is 3. The van der Waals surface area contributed by atoms with E-state index in [0.717, 1.165) is 44.0 Å². The number of aliphatic hydroxyl groups excluding tert-OH is 1. The lowest BCUT2D eigenvalue weighted by molar-refractivity contribution is -0.137. The lowest BCUT2D eigenvalue weighted by Gasteiger charge is -2.26. The van der Waals surface area contributed by atoms with Crippen LogP contribution in [0.1, 0.15) is 31.2 Å². The van der Waals surface area contributed by atoms with Gasteiger partial charge in [0, 0.05) is 18.2 Å². The number of pyridine rings is 1. The van der Waals surface area contributed by atoms with Crippen LogP contribution in [0, 0.1) is 5.41 Å². The largest absolute Gasteiger partial charge is 0.416 e. The summed E-state index contributed by atoms with van der Waals surface area (Å²) >= 11 is 0. The SMILES string of the molecule is OCC1(CNc2cc(C(F)(F)F)ccn2)CCCC1. The Morgan fingerprint density at radius 2 is 2.00 bits per heavy atom. The molecule has 3 nitrogen and oxygen atoms in total. The third kappa shape index (κ3) is 3.37. The van der Waals surface area contributed by atoms with Gasteiger partial charge in [-0.25, -0.2) is 4.98 Å². The first-order valence-electron chi connectivity index (χ1n) is 6.33. The molecular weight excluding hydrogens is 257 g/mol. The first-order valence-corrected chi connectivity index (χ1v) is 6.33. The van der Waals surface area contributed by atoms with E-state index in [2.05, 4.69) is 10.3 Å². The van der Waals surface area contributed by atoms with Crippen molar-refractivity contribution in [3.63, 3.8) is 0 Å². The van der Waals surface area contributed by atoms with Gasteiger partial charge < -0.3 is 10.4 Å². The maximum absolute atomic E-state index is 12.6. The summed E-state index contributed by atoms with van der Waals surface area (Å²) in [6.45, 7) is 0.511. The van der Waals surface area contributed by atoms with Crippen LogP contribution in [0.4, 0.5) is 19.0 Å². The van der Waals surface area contributed by atoms with Crippen molar-refractivity contribution in [2.24, 2.45) is 5.41 Å². The summed E-state index contributed by atoms with van der Waals surface area (Å²) in [5.74, 6) is 0.203. The van der Waals surface area contributed by atoms with E-state index in [0.29, 0.717) is 6.54 Å². The maximum atomic E-state index is 12.6. The van der Waals surface area contributed by atoms with Crippen molar-refractivity contribution in [2.75, 3.05) is 18.5 Å². The van der Waals surface area contributed by atoms with E-state index in [1.165, 1.54) is 0 Å². The number of halogens is 3. The van der Waals surface area contributed by atoms with E-state index in [9.17, 15) is 18.3 Å². The van der Waals surface area contributed by atoms with E-state index in [1.807, 2.05) is 0 Å². The van der Waals surface area contributed by atoms with Crippen LogP contribution in [0.25, 0.3) is 0 Å². The molecule has 0 aliphatic heterocycles. The maximum Gasteiger partial charge on any atom is 0.416 e. The second-order valence-electron chi connectivity index (χ2n) is 5.15. The Morgan fingerprint density at radius 1 is 1.32 bits per heavy atom. The Kier molecular flexibility index (Phi) is 3.99. The fourth-order valence-electron chi connectivity index (χ4n) is 2.50. The predicted molar refractivity (Wildman–Crippen MR) is 65.7 cm³/mol. The molecule has 1 aliphatic rings. The highest BCUT2D eigenvalue weighted by Gasteiger charge is 2.34. The lowest BCUT2D eigenvalue weighted by atomic mass is 9.87. The van der Waals surface area contributed by atoms with Crippen molar-refractivity contribution in [3.8, 4) is 0 Å². The second-order valence-corrected chi connectivity index (χ2v) is 5.15. The van der Waals surface area contributed by atoms with Crippen molar-refractivity contribution >= 4 is 5.82 Å². The molecular formula is C13H17F3N2O. The number of rotatable bonds is 4. The average Bonchev–Trinajstić information content (AvgIpc) is 2.85. The van der Waals surface area contributed by atoms with E-state index >= 15 is 0 Å². The number of anilines is 1. The van der Waals surface area contributed by atoms with Crippen LogP contribution in [-0.4, -0.2) is 23.2 Å². The lowest BCUT2D eigenvalue weighted by Crippen LogP contribution is -2.30. The highest BCUT2D eigenvalue weighted by Crippen LogP contribution is 2.37. The van der Waals surface area contributed by atoms with Gasteiger partial charge >= 0.3 is 6.18 Å². The van der Waals surface area contributed by atoms with E-state index in [-0.39, 0.29) is 17.8 Å². The number of hydrogen-bond donors (Lipinski definition) is 2. The molecule has 0 atom stereocenters. The monoisotopic (exact) mass is 274 g/mol. The highest BCUT2D eigenvalue weighted by atomic mass is 19.4. The van der Waals surface area contributed by atoms with Gasteiger partial charge in [-0.1, -0.05) is 12.8 Å². The van der Waals surface area contributed by atoms with Gasteiger partial charge in [0.2, 0.25) is 0 Å². The van der Waals surface area contributed by atoms with Crippen LogP contribution in [0.3, 0.4) is 0 Å². The van der Waals surface area contributed by atoms with Crippen molar-refractivity contribution < 1.29 is 18.3 Å². The molecule has 0 spiro atoms.